The summed E-state index contributed by atoms with van der Waals surface area (Å²) in [6.07, 6.45) is 0.987. The van der Waals surface area contributed by atoms with Gasteiger partial charge in [0.15, 0.2) is 0 Å². The second-order valence-electron chi connectivity index (χ2n) is 6.67. The minimum Gasteiger partial charge on any atom is -0.492 e. The van der Waals surface area contributed by atoms with E-state index in [0.29, 0.717) is 15.8 Å². The quantitative estimate of drug-likeness (QED) is 0.549. The van der Waals surface area contributed by atoms with E-state index in [9.17, 15) is 5.11 Å². The van der Waals surface area contributed by atoms with Crippen LogP contribution in [0.4, 0.5) is 5.69 Å². The van der Waals surface area contributed by atoms with Crippen LogP contribution in [-0.2, 0) is 6.42 Å². The number of halogens is 1. The fraction of sp³-hybridized carbons (Fsp3) is 0.200. The number of anilines is 1. The van der Waals surface area contributed by atoms with E-state index in [1.165, 1.54) is 27.1 Å². The van der Waals surface area contributed by atoms with Crippen molar-refractivity contribution in [2.45, 2.75) is 19.4 Å². The molecule has 0 radical (unpaired) electrons. The molecule has 0 amide bonds. The van der Waals surface area contributed by atoms with E-state index in [2.05, 4.69) is 39.2 Å². The van der Waals surface area contributed by atoms with Gasteiger partial charge in [-0.1, -0.05) is 53.3 Å². The molecule has 0 spiro atoms. The predicted octanol–water partition coefficient (Wildman–Crippen LogP) is 4.61. The van der Waals surface area contributed by atoms with Gasteiger partial charge in [-0.3, -0.25) is 0 Å². The van der Waals surface area contributed by atoms with Gasteiger partial charge in [0.2, 0.25) is 10.8 Å². The average Bonchev–Trinajstić information content (AvgIpc) is 3.33. The van der Waals surface area contributed by atoms with E-state index in [0.717, 1.165) is 23.4 Å². The molecule has 5 rings (SSSR count). The van der Waals surface area contributed by atoms with Crippen LogP contribution >= 0.6 is 22.9 Å². The Bertz CT molecular complexity index is 1130. The number of nitrogens with zero attached hydrogens (tertiary/aromatic N) is 4. The third kappa shape index (κ3) is 2.67. The van der Waals surface area contributed by atoms with Gasteiger partial charge >= 0.3 is 0 Å². The minimum absolute atomic E-state index is 0.125. The Balaban J connectivity index is 1.70. The third-order valence-corrected chi connectivity index (χ3v) is 6.30. The fourth-order valence-electron chi connectivity index (χ4n) is 3.78. The van der Waals surface area contributed by atoms with E-state index in [-0.39, 0.29) is 11.9 Å². The lowest BCUT2D eigenvalue weighted by Gasteiger charge is -2.30. The maximum atomic E-state index is 10.9. The summed E-state index contributed by atoms with van der Waals surface area (Å²) < 4.78 is 1.53. The molecule has 2 aromatic carbocycles. The zero-order chi connectivity index (χ0) is 18.5. The number of para-hydroxylation sites is 1. The minimum atomic E-state index is -0.125. The van der Waals surface area contributed by atoms with Gasteiger partial charge in [-0.2, -0.15) is 4.52 Å². The van der Waals surface area contributed by atoms with Crippen LogP contribution in [0.1, 0.15) is 27.9 Å². The van der Waals surface area contributed by atoms with Crippen LogP contribution in [-0.4, -0.2) is 26.2 Å². The number of aryl methyl sites for hydroxylation is 1. The number of benzene rings is 2. The Morgan fingerprint density at radius 3 is 2.70 bits per heavy atom. The summed E-state index contributed by atoms with van der Waals surface area (Å²) in [6.45, 7) is 2.71. The molecule has 7 heteroatoms. The van der Waals surface area contributed by atoms with Crippen LogP contribution in [0.3, 0.4) is 0 Å². The maximum absolute atomic E-state index is 10.9. The Kier molecular flexibility index (Phi) is 3.84. The first kappa shape index (κ1) is 16.6. The van der Waals surface area contributed by atoms with Crippen molar-refractivity contribution in [2.75, 3.05) is 11.4 Å². The van der Waals surface area contributed by atoms with Gasteiger partial charge in [0.05, 0.1) is 10.9 Å². The fourth-order valence-corrected chi connectivity index (χ4v) is 5.04. The number of hydrogen-bond donors (Lipinski definition) is 1. The molecule has 0 saturated heterocycles. The number of rotatable bonds is 3. The Morgan fingerprint density at radius 2 is 1.93 bits per heavy atom. The molecule has 4 aromatic rings. The highest BCUT2D eigenvalue weighted by Crippen LogP contribution is 2.44. The maximum Gasteiger partial charge on any atom is 0.230 e. The molecular formula is C20H17ClN4OS. The van der Waals surface area contributed by atoms with Gasteiger partial charge in [0, 0.05) is 17.3 Å². The van der Waals surface area contributed by atoms with E-state index < -0.39 is 0 Å². The zero-order valence-corrected chi connectivity index (χ0v) is 16.2. The highest BCUT2D eigenvalue weighted by atomic mass is 35.5. The lowest BCUT2D eigenvalue weighted by atomic mass is 10.0. The largest absolute Gasteiger partial charge is 0.492 e. The Hall–Kier alpha value is -2.57. The topological polar surface area (TPSA) is 53.7 Å². The number of fused-ring (bicyclic) bond motifs is 2. The predicted molar refractivity (Wildman–Crippen MR) is 108 cm³/mol. The summed E-state index contributed by atoms with van der Waals surface area (Å²) in [5.41, 5.74) is 3.60. The zero-order valence-electron chi connectivity index (χ0n) is 14.6. The first-order valence-corrected chi connectivity index (χ1v) is 9.96. The Morgan fingerprint density at radius 1 is 1.15 bits per heavy atom. The smallest absolute Gasteiger partial charge is 0.230 e. The van der Waals surface area contributed by atoms with Gasteiger partial charge in [0.1, 0.15) is 5.82 Å². The van der Waals surface area contributed by atoms with E-state index in [1.807, 2.05) is 31.2 Å². The summed E-state index contributed by atoms with van der Waals surface area (Å²) in [6, 6.07) is 16.1. The van der Waals surface area contributed by atoms with Crippen LogP contribution < -0.4 is 4.90 Å². The highest BCUT2D eigenvalue weighted by Gasteiger charge is 2.33. The van der Waals surface area contributed by atoms with Crippen molar-refractivity contribution >= 4 is 33.6 Å². The number of aromatic hydroxyl groups is 1. The monoisotopic (exact) mass is 396 g/mol. The molecule has 1 N–H and O–H groups in total. The summed E-state index contributed by atoms with van der Waals surface area (Å²) in [5, 5.41) is 15.9. The average molecular weight is 397 g/mol. The number of aromatic nitrogens is 3. The molecule has 3 heterocycles. The van der Waals surface area contributed by atoms with Crippen LogP contribution in [0, 0.1) is 6.92 Å². The van der Waals surface area contributed by atoms with Crippen LogP contribution in [0.25, 0.3) is 4.96 Å². The Labute approximate surface area is 165 Å². The van der Waals surface area contributed by atoms with Gasteiger partial charge in [-0.25, -0.2) is 4.98 Å². The second kappa shape index (κ2) is 6.25. The lowest BCUT2D eigenvalue weighted by Crippen LogP contribution is -2.27. The molecule has 1 unspecified atom stereocenters. The van der Waals surface area contributed by atoms with Gasteiger partial charge in [-0.05, 0) is 42.7 Å². The van der Waals surface area contributed by atoms with E-state index >= 15 is 0 Å². The van der Waals surface area contributed by atoms with Crippen molar-refractivity contribution < 1.29 is 5.11 Å². The molecule has 27 heavy (non-hydrogen) atoms. The molecule has 0 fully saturated rings. The second-order valence-corrected chi connectivity index (χ2v) is 8.12. The molecular weight excluding hydrogens is 380 g/mol. The highest BCUT2D eigenvalue weighted by molar-refractivity contribution is 7.17. The molecule has 0 aliphatic carbocycles. The van der Waals surface area contributed by atoms with Crippen molar-refractivity contribution in [3.8, 4) is 5.88 Å². The van der Waals surface area contributed by atoms with Crippen LogP contribution in [0.5, 0.6) is 5.88 Å². The molecule has 0 bridgehead atoms. The number of hydrogen-bond acceptors (Lipinski definition) is 5. The molecule has 1 atom stereocenters. The standard InChI is InChI=1S/C20H17ClN4OS/c1-12-22-20-25(23-12)19(26)18(27-20)17(14-6-8-15(21)9-7-14)24-11-10-13-4-2-3-5-16(13)24/h2-9,17,26H,10-11H2,1H3. The first-order chi connectivity index (χ1) is 13.1. The summed E-state index contributed by atoms with van der Waals surface area (Å²) in [7, 11) is 0. The van der Waals surface area contributed by atoms with Gasteiger partial charge in [0.25, 0.3) is 0 Å². The SMILES string of the molecule is Cc1nc2sc(C(c3ccc(Cl)cc3)N3CCc4ccccc43)c(O)n2n1. The number of thiazole rings is 1. The third-order valence-electron chi connectivity index (χ3n) is 4.97. The van der Waals surface area contributed by atoms with Crippen molar-refractivity contribution in [1.29, 1.82) is 0 Å². The van der Waals surface area contributed by atoms with E-state index in [1.54, 1.807) is 0 Å². The molecule has 1 aliphatic heterocycles. The van der Waals surface area contributed by atoms with Gasteiger partial charge in [-0.15, -0.1) is 5.10 Å². The van der Waals surface area contributed by atoms with Crippen molar-refractivity contribution in [2.24, 2.45) is 0 Å². The summed E-state index contributed by atoms with van der Waals surface area (Å²) >= 11 is 7.59. The molecule has 0 saturated carbocycles. The molecule has 1 aliphatic rings. The van der Waals surface area contributed by atoms with Crippen LogP contribution in [0.15, 0.2) is 48.5 Å². The first-order valence-electron chi connectivity index (χ1n) is 8.77. The molecule has 2 aromatic heterocycles. The molecule has 136 valence electrons. The van der Waals surface area contributed by atoms with Crippen molar-refractivity contribution in [3.63, 3.8) is 0 Å². The summed E-state index contributed by atoms with van der Waals surface area (Å²) in [5.74, 6) is 0.803. The summed E-state index contributed by atoms with van der Waals surface area (Å²) in [4.78, 5) is 8.31. The van der Waals surface area contributed by atoms with E-state index in [4.69, 9.17) is 11.6 Å². The molecule has 5 nitrogen and oxygen atoms in total. The van der Waals surface area contributed by atoms with Crippen LogP contribution in [0.2, 0.25) is 5.02 Å². The van der Waals surface area contributed by atoms with Gasteiger partial charge < -0.3 is 10.0 Å². The normalized spacial score (nSPS) is 14.7. The van der Waals surface area contributed by atoms with Crippen molar-refractivity contribution in [3.05, 3.63) is 75.4 Å². The lowest BCUT2D eigenvalue weighted by molar-refractivity contribution is 0.430. The van der Waals surface area contributed by atoms with Crippen molar-refractivity contribution in [1.82, 2.24) is 14.6 Å².